The molecular formula is C17H31N. The van der Waals surface area contributed by atoms with Gasteiger partial charge in [0.2, 0.25) is 0 Å². The normalized spacial score (nSPS) is 12.3. The molecule has 0 fully saturated rings. The van der Waals surface area contributed by atoms with Crippen LogP contribution in [-0.4, -0.2) is 6.54 Å². The summed E-state index contributed by atoms with van der Waals surface area (Å²) < 4.78 is 0. The third kappa shape index (κ3) is 15.2. The first-order chi connectivity index (χ1) is 8.91. The van der Waals surface area contributed by atoms with Crippen LogP contribution in [-0.2, 0) is 0 Å². The van der Waals surface area contributed by atoms with Crippen molar-refractivity contribution < 1.29 is 0 Å². The third-order valence-corrected chi connectivity index (χ3v) is 2.90. The maximum absolute atomic E-state index is 5.45. The standard InChI is InChI=1S/C17H31N/c1-2-3-4-5-6-7-8-9-10-11-12-13-14-15-16-17-18/h5-10H,2-4,11-18H2,1H3/b6-5+,8-7+,10-9-. The van der Waals surface area contributed by atoms with Gasteiger partial charge in [0.1, 0.15) is 0 Å². The van der Waals surface area contributed by atoms with Crippen molar-refractivity contribution in [1.82, 2.24) is 0 Å². The number of nitrogens with two attached hydrogens (primary N) is 1. The van der Waals surface area contributed by atoms with Crippen LogP contribution in [0.3, 0.4) is 0 Å². The Morgan fingerprint density at radius 3 is 1.83 bits per heavy atom. The molecule has 0 aromatic carbocycles. The van der Waals surface area contributed by atoms with E-state index in [4.69, 9.17) is 5.73 Å². The fourth-order valence-corrected chi connectivity index (χ4v) is 1.74. The van der Waals surface area contributed by atoms with E-state index in [1.807, 2.05) is 0 Å². The summed E-state index contributed by atoms with van der Waals surface area (Å²) in [6.07, 6.45) is 24.5. The summed E-state index contributed by atoms with van der Waals surface area (Å²) in [5, 5.41) is 0. The van der Waals surface area contributed by atoms with Gasteiger partial charge in [-0.2, -0.15) is 0 Å². The Balaban J connectivity index is 3.26. The number of unbranched alkanes of at least 4 members (excludes halogenated alkanes) is 7. The van der Waals surface area contributed by atoms with Gasteiger partial charge in [-0.15, -0.1) is 0 Å². The van der Waals surface area contributed by atoms with Gasteiger partial charge in [0.25, 0.3) is 0 Å². The molecule has 104 valence electrons. The molecule has 0 amide bonds. The molecule has 0 aliphatic carbocycles. The largest absolute Gasteiger partial charge is 0.330 e. The molecule has 1 nitrogen and oxygen atoms in total. The van der Waals surface area contributed by atoms with Crippen molar-refractivity contribution in [3.05, 3.63) is 36.5 Å². The molecule has 0 atom stereocenters. The second-order valence-corrected chi connectivity index (χ2v) is 4.73. The fourth-order valence-electron chi connectivity index (χ4n) is 1.74. The van der Waals surface area contributed by atoms with Gasteiger partial charge < -0.3 is 5.73 Å². The van der Waals surface area contributed by atoms with Crippen molar-refractivity contribution in [2.24, 2.45) is 5.73 Å². The lowest BCUT2D eigenvalue weighted by Gasteiger charge is -1.97. The van der Waals surface area contributed by atoms with Gasteiger partial charge in [-0.05, 0) is 32.2 Å². The van der Waals surface area contributed by atoms with Crippen molar-refractivity contribution >= 4 is 0 Å². The maximum Gasteiger partial charge on any atom is -0.00773 e. The summed E-state index contributed by atoms with van der Waals surface area (Å²) in [6.45, 7) is 3.07. The van der Waals surface area contributed by atoms with E-state index in [-0.39, 0.29) is 0 Å². The molecule has 0 saturated carbocycles. The summed E-state index contributed by atoms with van der Waals surface area (Å²) >= 11 is 0. The van der Waals surface area contributed by atoms with E-state index in [0.29, 0.717) is 0 Å². The SMILES string of the molecule is CCCC/C=C/C=C/C=C\CCCCCCCN. The summed E-state index contributed by atoms with van der Waals surface area (Å²) in [5.41, 5.74) is 5.45. The molecule has 0 unspecified atom stereocenters. The smallest absolute Gasteiger partial charge is 0.00773 e. The highest BCUT2D eigenvalue weighted by Gasteiger charge is 1.87. The zero-order chi connectivity index (χ0) is 13.3. The molecular weight excluding hydrogens is 218 g/mol. The number of hydrogen-bond acceptors (Lipinski definition) is 1. The average Bonchev–Trinajstić information content (AvgIpc) is 2.39. The van der Waals surface area contributed by atoms with Gasteiger partial charge in [-0.25, -0.2) is 0 Å². The average molecular weight is 249 g/mol. The van der Waals surface area contributed by atoms with Crippen LogP contribution in [0.1, 0.15) is 64.7 Å². The quantitative estimate of drug-likeness (QED) is 0.376. The molecule has 0 saturated heterocycles. The Morgan fingerprint density at radius 1 is 0.667 bits per heavy atom. The molecule has 1 heteroatoms. The molecule has 0 heterocycles. The van der Waals surface area contributed by atoms with Crippen molar-refractivity contribution in [3.63, 3.8) is 0 Å². The molecule has 0 aliphatic heterocycles. The highest BCUT2D eigenvalue weighted by atomic mass is 14.5. The van der Waals surface area contributed by atoms with Crippen LogP contribution in [0.25, 0.3) is 0 Å². The highest BCUT2D eigenvalue weighted by molar-refractivity contribution is 5.10. The second kappa shape index (κ2) is 16.2. The van der Waals surface area contributed by atoms with Crippen LogP contribution in [0.5, 0.6) is 0 Å². The third-order valence-electron chi connectivity index (χ3n) is 2.90. The lowest BCUT2D eigenvalue weighted by molar-refractivity contribution is 0.622. The molecule has 18 heavy (non-hydrogen) atoms. The Hall–Kier alpha value is -0.820. The second-order valence-electron chi connectivity index (χ2n) is 4.73. The number of hydrogen-bond donors (Lipinski definition) is 1. The van der Waals surface area contributed by atoms with Crippen LogP contribution in [0, 0.1) is 0 Å². The molecule has 0 aliphatic rings. The van der Waals surface area contributed by atoms with Gasteiger partial charge in [-0.1, -0.05) is 75.5 Å². The predicted molar refractivity (Wildman–Crippen MR) is 83.7 cm³/mol. The van der Waals surface area contributed by atoms with Crippen molar-refractivity contribution in [2.45, 2.75) is 64.7 Å². The Labute approximate surface area is 114 Å². The number of rotatable bonds is 12. The summed E-state index contributed by atoms with van der Waals surface area (Å²) in [7, 11) is 0. The van der Waals surface area contributed by atoms with Crippen LogP contribution >= 0.6 is 0 Å². The van der Waals surface area contributed by atoms with Gasteiger partial charge in [0, 0.05) is 0 Å². The van der Waals surface area contributed by atoms with Crippen LogP contribution < -0.4 is 5.73 Å². The molecule has 2 N–H and O–H groups in total. The van der Waals surface area contributed by atoms with E-state index >= 15 is 0 Å². The monoisotopic (exact) mass is 249 g/mol. The minimum atomic E-state index is 0.844. The predicted octanol–water partition coefficient (Wildman–Crippen LogP) is 5.14. The van der Waals surface area contributed by atoms with E-state index in [0.717, 1.165) is 6.54 Å². The molecule has 0 bridgehead atoms. The van der Waals surface area contributed by atoms with E-state index in [9.17, 15) is 0 Å². The maximum atomic E-state index is 5.45. The molecule has 0 aromatic heterocycles. The zero-order valence-corrected chi connectivity index (χ0v) is 12.1. The van der Waals surface area contributed by atoms with Crippen molar-refractivity contribution in [3.8, 4) is 0 Å². The lowest BCUT2D eigenvalue weighted by atomic mass is 10.1. The lowest BCUT2D eigenvalue weighted by Crippen LogP contribution is -1.97. The zero-order valence-electron chi connectivity index (χ0n) is 12.1. The van der Waals surface area contributed by atoms with E-state index < -0.39 is 0 Å². The van der Waals surface area contributed by atoms with E-state index in [1.54, 1.807) is 0 Å². The van der Waals surface area contributed by atoms with Gasteiger partial charge >= 0.3 is 0 Å². The van der Waals surface area contributed by atoms with Crippen molar-refractivity contribution in [2.75, 3.05) is 6.54 Å². The Kier molecular flexibility index (Phi) is 15.4. The first-order valence-electron chi connectivity index (χ1n) is 7.60. The highest BCUT2D eigenvalue weighted by Crippen LogP contribution is 2.05. The first-order valence-corrected chi connectivity index (χ1v) is 7.60. The van der Waals surface area contributed by atoms with Gasteiger partial charge in [0.15, 0.2) is 0 Å². The minimum Gasteiger partial charge on any atom is -0.330 e. The fraction of sp³-hybridized carbons (Fsp3) is 0.647. The first kappa shape index (κ1) is 17.2. The van der Waals surface area contributed by atoms with Crippen LogP contribution in [0.4, 0.5) is 0 Å². The Bertz CT molecular complexity index is 226. The van der Waals surface area contributed by atoms with Gasteiger partial charge in [-0.3, -0.25) is 0 Å². The summed E-state index contributed by atoms with van der Waals surface area (Å²) in [4.78, 5) is 0. The summed E-state index contributed by atoms with van der Waals surface area (Å²) in [5.74, 6) is 0. The van der Waals surface area contributed by atoms with E-state index in [1.165, 1.54) is 57.8 Å². The van der Waals surface area contributed by atoms with Crippen molar-refractivity contribution in [1.29, 1.82) is 0 Å². The van der Waals surface area contributed by atoms with Crippen LogP contribution in [0.2, 0.25) is 0 Å². The molecule has 0 aromatic rings. The molecule has 0 rings (SSSR count). The number of allylic oxidation sites excluding steroid dienone is 6. The molecule has 0 spiro atoms. The minimum absolute atomic E-state index is 0.844. The van der Waals surface area contributed by atoms with E-state index in [2.05, 4.69) is 43.4 Å². The van der Waals surface area contributed by atoms with Crippen LogP contribution in [0.15, 0.2) is 36.5 Å². The molecule has 0 radical (unpaired) electrons. The van der Waals surface area contributed by atoms with Gasteiger partial charge in [0.05, 0.1) is 0 Å². The Morgan fingerprint density at radius 2 is 1.22 bits per heavy atom. The topological polar surface area (TPSA) is 26.0 Å². The summed E-state index contributed by atoms with van der Waals surface area (Å²) in [6, 6.07) is 0.